The molecule has 0 radical (unpaired) electrons. The molecule has 9 heteroatoms. The fraction of sp³-hybridized carbons (Fsp3) is 0.611. The van der Waals surface area contributed by atoms with Gasteiger partial charge in [0, 0.05) is 6.92 Å². The minimum absolute atomic E-state index is 0.0878. The molecule has 1 aliphatic rings. The van der Waals surface area contributed by atoms with Crippen LogP contribution in [-0.4, -0.2) is 72.2 Å². The van der Waals surface area contributed by atoms with E-state index in [-0.39, 0.29) is 6.61 Å². The first-order valence-corrected chi connectivity index (χ1v) is 8.72. The molecule has 0 unspecified atom stereocenters. The van der Waals surface area contributed by atoms with Crippen molar-refractivity contribution in [3.05, 3.63) is 23.8 Å². The molecule has 5 atom stereocenters. The maximum atomic E-state index is 11.4. The summed E-state index contributed by atoms with van der Waals surface area (Å²) in [5.74, 6) is 0.742. The molecule has 1 amide bonds. The highest BCUT2D eigenvalue weighted by Crippen LogP contribution is 2.29. The van der Waals surface area contributed by atoms with Crippen LogP contribution < -0.4 is 14.8 Å². The van der Waals surface area contributed by atoms with Gasteiger partial charge in [-0.05, 0) is 24.6 Å². The number of nitrogens with one attached hydrogen (secondary N) is 1. The van der Waals surface area contributed by atoms with Gasteiger partial charge in [0.05, 0.1) is 26.9 Å². The Morgan fingerprint density at radius 2 is 2.00 bits per heavy atom. The molecule has 0 spiro atoms. The van der Waals surface area contributed by atoms with Crippen molar-refractivity contribution < 1.29 is 39.1 Å². The van der Waals surface area contributed by atoms with E-state index in [2.05, 4.69) is 5.32 Å². The van der Waals surface area contributed by atoms with Gasteiger partial charge in [0.15, 0.2) is 17.8 Å². The smallest absolute Gasteiger partial charge is 0.217 e. The van der Waals surface area contributed by atoms with Gasteiger partial charge in [-0.3, -0.25) is 4.79 Å². The first-order chi connectivity index (χ1) is 12.9. The molecule has 152 valence electrons. The normalized spacial score (nSPS) is 27.9. The second kappa shape index (κ2) is 9.86. The quantitative estimate of drug-likeness (QED) is 0.474. The molecule has 1 fully saturated rings. The lowest BCUT2D eigenvalue weighted by Gasteiger charge is -2.42. The minimum Gasteiger partial charge on any atom is -0.493 e. The predicted octanol–water partition coefficient (Wildman–Crippen LogP) is -0.446. The summed E-state index contributed by atoms with van der Waals surface area (Å²) in [6.07, 6.45) is -4.77. The Morgan fingerprint density at radius 1 is 1.26 bits per heavy atom. The number of ether oxygens (including phenoxy) is 4. The van der Waals surface area contributed by atoms with Crippen molar-refractivity contribution in [1.82, 2.24) is 5.32 Å². The van der Waals surface area contributed by atoms with E-state index in [1.165, 1.54) is 14.0 Å². The molecule has 27 heavy (non-hydrogen) atoms. The van der Waals surface area contributed by atoms with Crippen molar-refractivity contribution in [2.24, 2.45) is 0 Å². The van der Waals surface area contributed by atoms with Gasteiger partial charge < -0.3 is 39.6 Å². The number of carbonyl (C=O) groups is 1. The number of amides is 1. The highest BCUT2D eigenvalue weighted by Gasteiger charge is 2.45. The van der Waals surface area contributed by atoms with Crippen molar-refractivity contribution in [1.29, 1.82) is 0 Å². The lowest BCUT2D eigenvalue weighted by atomic mass is 9.97. The zero-order valence-corrected chi connectivity index (χ0v) is 15.6. The summed E-state index contributed by atoms with van der Waals surface area (Å²) in [5, 5.41) is 32.1. The maximum absolute atomic E-state index is 11.4. The predicted molar refractivity (Wildman–Crippen MR) is 94.3 cm³/mol. The van der Waals surface area contributed by atoms with Gasteiger partial charge in [-0.15, -0.1) is 0 Å². The van der Waals surface area contributed by atoms with E-state index in [0.717, 1.165) is 5.56 Å². The Bertz CT molecular complexity index is 625. The van der Waals surface area contributed by atoms with Crippen molar-refractivity contribution in [2.75, 3.05) is 20.3 Å². The highest BCUT2D eigenvalue weighted by atomic mass is 16.7. The van der Waals surface area contributed by atoms with Crippen LogP contribution in [-0.2, 0) is 20.9 Å². The van der Waals surface area contributed by atoms with Crippen LogP contribution in [0.25, 0.3) is 0 Å². The first kappa shape index (κ1) is 21.4. The molecule has 4 N–H and O–H groups in total. The Labute approximate surface area is 157 Å². The van der Waals surface area contributed by atoms with Crippen LogP contribution >= 0.6 is 0 Å². The van der Waals surface area contributed by atoms with Crippen LogP contribution in [0.15, 0.2) is 18.2 Å². The van der Waals surface area contributed by atoms with Gasteiger partial charge in [0.2, 0.25) is 5.91 Å². The third kappa shape index (κ3) is 5.30. The van der Waals surface area contributed by atoms with Gasteiger partial charge in [-0.2, -0.15) is 0 Å². The molecule has 9 nitrogen and oxygen atoms in total. The van der Waals surface area contributed by atoms with Crippen molar-refractivity contribution in [3.63, 3.8) is 0 Å². The Morgan fingerprint density at radius 3 is 2.59 bits per heavy atom. The number of methoxy groups -OCH3 is 1. The lowest BCUT2D eigenvalue weighted by molar-refractivity contribution is -0.273. The van der Waals surface area contributed by atoms with Crippen LogP contribution in [0.5, 0.6) is 11.5 Å². The van der Waals surface area contributed by atoms with E-state index in [1.54, 1.807) is 18.2 Å². The zero-order valence-electron chi connectivity index (χ0n) is 15.6. The number of hydrogen-bond donors (Lipinski definition) is 4. The molecular weight excluding hydrogens is 358 g/mol. The summed E-state index contributed by atoms with van der Waals surface area (Å²) in [7, 11) is 1.53. The fourth-order valence-corrected chi connectivity index (χ4v) is 2.87. The zero-order chi connectivity index (χ0) is 20.0. The Kier molecular flexibility index (Phi) is 7.81. The number of aliphatic hydroxyl groups is 3. The minimum atomic E-state index is -1.35. The van der Waals surface area contributed by atoms with Crippen LogP contribution in [0.4, 0.5) is 0 Å². The second-order valence-corrected chi connectivity index (χ2v) is 6.16. The van der Waals surface area contributed by atoms with E-state index in [9.17, 15) is 20.1 Å². The van der Waals surface area contributed by atoms with Crippen LogP contribution in [0, 0.1) is 0 Å². The summed E-state index contributed by atoms with van der Waals surface area (Å²) in [6.45, 7) is 3.25. The average Bonchev–Trinajstić information content (AvgIpc) is 2.65. The number of aliphatic hydroxyl groups excluding tert-OH is 3. The molecule has 1 aromatic rings. The third-order valence-electron chi connectivity index (χ3n) is 4.19. The maximum Gasteiger partial charge on any atom is 0.217 e. The molecule has 1 saturated heterocycles. The summed E-state index contributed by atoms with van der Waals surface area (Å²) in [5.41, 5.74) is 0.752. The standard InChI is InChI=1S/C18H27NO8/c1-4-25-12-6-5-11(7-13(12)24-3)9-26-18-15(19-10(2)21)17(23)16(22)14(8-20)27-18/h5-7,14-18,20,22-23H,4,8-9H2,1-3H3,(H,19,21)/t14-,15+,16+,17-,18+/m0/s1. The van der Waals surface area contributed by atoms with Gasteiger partial charge in [-0.25, -0.2) is 0 Å². The summed E-state index contributed by atoms with van der Waals surface area (Å²) in [6, 6.07) is 4.31. The van der Waals surface area contributed by atoms with Gasteiger partial charge in [-0.1, -0.05) is 6.07 Å². The average molecular weight is 385 g/mol. The third-order valence-corrected chi connectivity index (χ3v) is 4.19. The number of benzene rings is 1. The first-order valence-electron chi connectivity index (χ1n) is 8.72. The fourth-order valence-electron chi connectivity index (χ4n) is 2.87. The lowest BCUT2D eigenvalue weighted by Crippen LogP contribution is -2.64. The molecule has 0 saturated carbocycles. The summed E-state index contributed by atoms with van der Waals surface area (Å²) >= 11 is 0. The SMILES string of the molecule is CCOc1ccc(CO[C@@H]2O[C@@H](CO)[C@@H](O)[C@@H](O)[C@H]2NC(C)=O)cc1OC. The van der Waals surface area contributed by atoms with E-state index in [0.29, 0.717) is 18.1 Å². The monoisotopic (exact) mass is 385 g/mol. The van der Waals surface area contributed by atoms with E-state index < -0.39 is 43.2 Å². The molecule has 0 aromatic heterocycles. The van der Waals surface area contributed by atoms with E-state index >= 15 is 0 Å². The highest BCUT2D eigenvalue weighted by molar-refractivity contribution is 5.73. The molecule has 1 aliphatic heterocycles. The summed E-state index contributed by atoms with van der Waals surface area (Å²) in [4.78, 5) is 11.4. The second-order valence-electron chi connectivity index (χ2n) is 6.16. The molecule has 0 aliphatic carbocycles. The Hall–Kier alpha value is -1.91. The molecule has 1 heterocycles. The number of rotatable bonds is 8. The number of hydrogen-bond acceptors (Lipinski definition) is 8. The van der Waals surface area contributed by atoms with Crippen molar-refractivity contribution >= 4 is 5.91 Å². The van der Waals surface area contributed by atoms with Gasteiger partial charge in [0.1, 0.15) is 24.4 Å². The number of carbonyl (C=O) groups excluding carboxylic acids is 1. The Balaban J connectivity index is 2.11. The van der Waals surface area contributed by atoms with Crippen molar-refractivity contribution in [3.8, 4) is 11.5 Å². The van der Waals surface area contributed by atoms with Crippen LogP contribution in [0.1, 0.15) is 19.4 Å². The molecule has 0 bridgehead atoms. The van der Waals surface area contributed by atoms with Crippen molar-refractivity contribution in [2.45, 2.75) is 51.1 Å². The van der Waals surface area contributed by atoms with E-state index in [1.807, 2.05) is 6.92 Å². The van der Waals surface area contributed by atoms with E-state index in [4.69, 9.17) is 18.9 Å². The van der Waals surface area contributed by atoms with Crippen LogP contribution in [0.2, 0.25) is 0 Å². The van der Waals surface area contributed by atoms with Gasteiger partial charge >= 0.3 is 0 Å². The molecule has 2 rings (SSSR count). The molecular formula is C18H27NO8. The summed E-state index contributed by atoms with van der Waals surface area (Å²) < 4.78 is 22.0. The molecule has 1 aromatic carbocycles. The largest absolute Gasteiger partial charge is 0.493 e. The van der Waals surface area contributed by atoms with Gasteiger partial charge in [0.25, 0.3) is 0 Å². The topological polar surface area (TPSA) is 127 Å². The van der Waals surface area contributed by atoms with Crippen LogP contribution in [0.3, 0.4) is 0 Å².